The molecule has 31 heavy (non-hydrogen) atoms. The molecule has 4 rings (SSSR count). The maximum Gasteiger partial charge on any atom is 0.332 e. The second kappa shape index (κ2) is 7.73. The minimum Gasteiger partial charge on any atom is -0.465 e. The van der Waals surface area contributed by atoms with Gasteiger partial charge in [0.1, 0.15) is 6.54 Å². The van der Waals surface area contributed by atoms with Gasteiger partial charge in [-0.15, -0.1) is 0 Å². The van der Waals surface area contributed by atoms with E-state index >= 15 is 0 Å². The maximum atomic E-state index is 13.4. The third-order valence-corrected chi connectivity index (χ3v) is 5.88. The number of rotatable bonds is 5. The normalized spacial score (nSPS) is 11.5. The highest BCUT2D eigenvalue weighted by molar-refractivity contribution is 6.31. The Bertz CT molecular complexity index is 1460. The molecule has 0 radical (unpaired) electrons. The maximum absolute atomic E-state index is 13.4. The number of imidazole rings is 2. The molecule has 0 unspecified atom stereocenters. The van der Waals surface area contributed by atoms with Gasteiger partial charge in [0.25, 0.3) is 5.56 Å². The number of hydrogen-bond donors (Lipinski definition) is 0. The lowest BCUT2D eigenvalue weighted by molar-refractivity contribution is -0.143. The van der Waals surface area contributed by atoms with E-state index in [0.717, 1.165) is 16.0 Å². The largest absolute Gasteiger partial charge is 0.465 e. The fraction of sp³-hybridized carbons (Fsp3) is 0.333. The number of halogens is 1. The van der Waals surface area contributed by atoms with Gasteiger partial charge in [-0.2, -0.15) is 4.98 Å². The van der Waals surface area contributed by atoms with Crippen LogP contribution in [0.2, 0.25) is 5.02 Å². The first-order valence-corrected chi connectivity index (χ1v) is 10.2. The van der Waals surface area contributed by atoms with Crippen LogP contribution < -0.4 is 11.2 Å². The highest BCUT2D eigenvalue weighted by Gasteiger charge is 2.23. The van der Waals surface area contributed by atoms with Crippen LogP contribution in [0.3, 0.4) is 0 Å². The summed E-state index contributed by atoms with van der Waals surface area (Å²) in [7, 11) is 1.57. The van der Waals surface area contributed by atoms with E-state index in [2.05, 4.69) is 4.98 Å². The predicted molar refractivity (Wildman–Crippen MR) is 117 cm³/mol. The van der Waals surface area contributed by atoms with E-state index in [1.165, 1.54) is 4.57 Å². The van der Waals surface area contributed by atoms with Crippen molar-refractivity contribution in [3.8, 4) is 0 Å². The summed E-state index contributed by atoms with van der Waals surface area (Å²) in [4.78, 5) is 43.0. The summed E-state index contributed by atoms with van der Waals surface area (Å²) in [5.41, 5.74) is 1.75. The molecule has 0 atom stereocenters. The molecule has 0 aliphatic heterocycles. The topological polar surface area (TPSA) is 92.5 Å². The van der Waals surface area contributed by atoms with Gasteiger partial charge in [0.05, 0.1) is 13.2 Å². The van der Waals surface area contributed by atoms with Crippen molar-refractivity contribution in [1.82, 2.24) is 23.1 Å². The summed E-state index contributed by atoms with van der Waals surface area (Å²) in [5, 5.41) is 0.475. The number of aromatic nitrogens is 5. The Morgan fingerprint density at radius 1 is 1.13 bits per heavy atom. The number of esters is 1. The molecular formula is C21H22ClN5O4. The van der Waals surface area contributed by atoms with Crippen LogP contribution >= 0.6 is 11.6 Å². The van der Waals surface area contributed by atoms with Crippen molar-refractivity contribution in [2.24, 2.45) is 7.05 Å². The Kier molecular flexibility index (Phi) is 5.22. The van der Waals surface area contributed by atoms with Gasteiger partial charge in [-0.1, -0.05) is 29.8 Å². The van der Waals surface area contributed by atoms with Crippen LogP contribution in [-0.2, 0) is 29.7 Å². The molecule has 0 bridgehead atoms. The van der Waals surface area contributed by atoms with E-state index in [1.807, 2.05) is 13.8 Å². The number of aryl methyl sites for hydroxylation is 2. The quantitative estimate of drug-likeness (QED) is 0.440. The van der Waals surface area contributed by atoms with Crippen molar-refractivity contribution in [2.75, 3.05) is 6.61 Å². The van der Waals surface area contributed by atoms with Crippen molar-refractivity contribution in [3.05, 3.63) is 67.1 Å². The van der Waals surface area contributed by atoms with Gasteiger partial charge in [0, 0.05) is 23.5 Å². The molecule has 0 aliphatic carbocycles. The Hall–Kier alpha value is -3.33. The minimum absolute atomic E-state index is 0.0376. The number of ether oxygens (including phenoxy) is 1. The molecule has 3 heterocycles. The van der Waals surface area contributed by atoms with Crippen LogP contribution in [0.4, 0.5) is 0 Å². The average molecular weight is 444 g/mol. The smallest absolute Gasteiger partial charge is 0.332 e. The Labute approximate surface area is 182 Å². The van der Waals surface area contributed by atoms with Crippen LogP contribution in [0.1, 0.15) is 23.9 Å². The van der Waals surface area contributed by atoms with Crippen molar-refractivity contribution in [1.29, 1.82) is 0 Å². The molecule has 0 N–H and O–H groups in total. The van der Waals surface area contributed by atoms with E-state index in [0.29, 0.717) is 16.4 Å². The summed E-state index contributed by atoms with van der Waals surface area (Å²) < 4.78 is 10.9. The van der Waals surface area contributed by atoms with Crippen molar-refractivity contribution in [2.45, 2.75) is 33.9 Å². The first kappa shape index (κ1) is 20.9. The molecule has 162 valence electrons. The third-order valence-electron chi connectivity index (χ3n) is 5.51. The van der Waals surface area contributed by atoms with Crippen LogP contribution in [-0.4, -0.2) is 35.7 Å². The fourth-order valence-electron chi connectivity index (χ4n) is 3.78. The molecular weight excluding hydrogens is 422 g/mol. The standard InChI is InChI=1S/C21H22ClN5O4/c1-5-31-16(28)11-25-12(2)13(3)27-17-18(23-20(25)27)24(4)21(30)26(19(17)29)10-14-8-6-7-9-15(14)22/h6-9H,5,10-11H2,1-4H3. The SMILES string of the molecule is CCOC(=O)Cn1c(C)c(C)n2c3c(=O)n(Cc4ccccc4Cl)c(=O)n(C)c3nc12. The fourth-order valence-corrected chi connectivity index (χ4v) is 3.97. The Balaban J connectivity index is 2.00. The lowest BCUT2D eigenvalue weighted by Gasteiger charge is -2.09. The molecule has 3 aromatic heterocycles. The van der Waals surface area contributed by atoms with E-state index in [-0.39, 0.29) is 30.9 Å². The van der Waals surface area contributed by atoms with E-state index < -0.39 is 17.2 Å². The van der Waals surface area contributed by atoms with Gasteiger partial charge in [0.2, 0.25) is 5.78 Å². The predicted octanol–water partition coefficient (Wildman–Crippen LogP) is 2.03. The lowest BCUT2D eigenvalue weighted by atomic mass is 10.2. The molecule has 0 spiro atoms. The molecule has 4 aromatic rings. The summed E-state index contributed by atoms with van der Waals surface area (Å²) in [6.07, 6.45) is 0. The first-order valence-electron chi connectivity index (χ1n) is 9.83. The van der Waals surface area contributed by atoms with Crippen LogP contribution in [0.25, 0.3) is 16.9 Å². The summed E-state index contributed by atoms with van der Waals surface area (Å²) in [6, 6.07) is 7.07. The molecule has 0 saturated carbocycles. The monoisotopic (exact) mass is 443 g/mol. The second-order valence-corrected chi connectivity index (χ2v) is 7.71. The van der Waals surface area contributed by atoms with Crippen LogP contribution in [0, 0.1) is 13.8 Å². The van der Waals surface area contributed by atoms with E-state index in [9.17, 15) is 14.4 Å². The van der Waals surface area contributed by atoms with Crippen LogP contribution in [0.15, 0.2) is 33.9 Å². The Morgan fingerprint density at radius 2 is 1.84 bits per heavy atom. The van der Waals surface area contributed by atoms with Gasteiger partial charge >= 0.3 is 11.7 Å². The summed E-state index contributed by atoms with van der Waals surface area (Å²) in [6.45, 7) is 5.69. The van der Waals surface area contributed by atoms with Crippen molar-refractivity contribution in [3.63, 3.8) is 0 Å². The average Bonchev–Trinajstić information content (AvgIpc) is 3.23. The first-order chi connectivity index (χ1) is 14.8. The van der Waals surface area contributed by atoms with Crippen LogP contribution in [0.5, 0.6) is 0 Å². The van der Waals surface area contributed by atoms with Gasteiger partial charge in [-0.25, -0.2) is 4.79 Å². The van der Waals surface area contributed by atoms with E-state index in [1.54, 1.807) is 47.2 Å². The molecule has 0 aliphatic rings. The lowest BCUT2D eigenvalue weighted by Crippen LogP contribution is -2.39. The summed E-state index contributed by atoms with van der Waals surface area (Å²) >= 11 is 6.25. The zero-order chi connectivity index (χ0) is 22.4. The molecule has 0 saturated heterocycles. The van der Waals surface area contributed by atoms with Gasteiger partial charge < -0.3 is 9.30 Å². The Morgan fingerprint density at radius 3 is 2.52 bits per heavy atom. The number of fused-ring (bicyclic) bond motifs is 3. The number of carbonyl (C=O) groups excluding carboxylic acids is 1. The molecule has 10 heteroatoms. The van der Waals surface area contributed by atoms with Gasteiger partial charge in [-0.05, 0) is 32.4 Å². The highest BCUT2D eigenvalue weighted by atomic mass is 35.5. The molecule has 0 amide bonds. The molecule has 9 nitrogen and oxygen atoms in total. The summed E-state index contributed by atoms with van der Waals surface area (Å²) in [5.74, 6) is 0.000761. The highest BCUT2D eigenvalue weighted by Crippen LogP contribution is 2.21. The number of carbonyl (C=O) groups is 1. The van der Waals surface area contributed by atoms with E-state index in [4.69, 9.17) is 16.3 Å². The zero-order valence-electron chi connectivity index (χ0n) is 17.7. The number of hydrogen-bond acceptors (Lipinski definition) is 5. The molecule has 0 fully saturated rings. The third kappa shape index (κ3) is 3.25. The second-order valence-electron chi connectivity index (χ2n) is 7.31. The number of benzene rings is 1. The number of nitrogens with zero attached hydrogens (tertiary/aromatic N) is 5. The van der Waals surface area contributed by atoms with Gasteiger partial charge in [-0.3, -0.25) is 23.1 Å². The van der Waals surface area contributed by atoms with Crippen molar-refractivity contribution >= 4 is 34.5 Å². The minimum atomic E-state index is -0.496. The zero-order valence-corrected chi connectivity index (χ0v) is 18.4. The van der Waals surface area contributed by atoms with Gasteiger partial charge in [0.15, 0.2) is 11.2 Å². The van der Waals surface area contributed by atoms with Crippen molar-refractivity contribution < 1.29 is 9.53 Å². The molecule has 1 aromatic carbocycles.